The normalized spacial score (nSPS) is 17.7. The Morgan fingerprint density at radius 1 is 1.07 bits per heavy atom. The number of hydrogen-bond donors (Lipinski definition) is 0. The number of ether oxygens (including phenoxy) is 1. The second-order valence-corrected chi connectivity index (χ2v) is 20.4. The lowest BCUT2D eigenvalue weighted by Gasteiger charge is -2.61. The lowest BCUT2D eigenvalue weighted by Crippen LogP contribution is -2.73. The van der Waals surface area contributed by atoms with Crippen molar-refractivity contribution in [1.29, 1.82) is 0 Å². The SMILES string of the molecule is Cc1c(-c2c(C)c(Br)nn2C)nc(-c2cc(OC[C@@H](C)O[Si](C)(C)C(C)(C)C)ccc2Cl)nc1N1CC2(CN(CC(F)(F)F)C2)C1. The molecule has 0 saturated carbocycles. The van der Waals surface area contributed by atoms with Crippen molar-refractivity contribution in [3.8, 4) is 28.5 Å². The van der Waals surface area contributed by atoms with Crippen LogP contribution in [0.5, 0.6) is 5.75 Å². The van der Waals surface area contributed by atoms with Crippen molar-refractivity contribution >= 4 is 41.7 Å². The van der Waals surface area contributed by atoms with Gasteiger partial charge in [0.05, 0.1) is 29.1 Å². The number of halogens is 5. The first-order chi connectivity index (χ1) is 21.2. The molecule has 252 valence electrons. The van der Waals surface area contributed by atoms with Gasteiger partial charge in [0.15, 0.2) is 14.1 Å². The zero-order valence-electron chi connectivity index (χ0n) is 27.9. The number of aromatic nitrogens is 4. The Labute approximate surface area is 283 Å². The molecule has 14 heteroatoms. The van der Waals surface area contributed by atoms with Crippen LogP contribution in [0.4, 0.5) is 19.0 Å². The Morgan fingerprint density at radius 3 is 2.28 bits per heavy atom. The first-order valence-corrected chi connectivity index (χ1v) is 19.5. The number of alkyl halides is 3. The van der Waals surface area contributed by atoms with Crippen molar-refractivity contribution in [3.05, 3.63) is 39.0 Å². The summed E-state index contributed by atoms with van der Waals surface area (Å²) in [5, 5.41) is 5.11. The van der Waals surface area contributed by atoms with Gasteiger partial charge in [-0.1, -0.05) is 32.4 Å². The van der Waals surface area contributed by atoms with Crippen LogP contribution in [0.1, 0.15) is 38.8 Å². The Bertz CT molecular complexity index is 1610. The predicted molar refractivity (Wildman–Crippen MR) is 182 cm³/mol. The highest BCUT2D eigenvalue weighted by Crippen LogP contribution is 2.45. The zero-order valence-corrected chi connectivity index (χ0v) is 31.3. The average Bonchev–Trinajstić information content (AvgIpc) is 3.13. The van der Waals surface area contributed by atoms with Crippen LogP contribution < -0.4 is 9.64 Å². The van der Waals surface area contributed by atoms with E-state index in [1.54, 1.807) is 10.7 Å². The van der Waals surface area contributed by atoms with E-state index in [2.05, 4.69) is 59.8 Å². The van der Waals surface area contributed by atoms with Gasteiger partial charge in [0, 0.05) is 55.3 Å². The quantitative estimate of drug-likeness (QED) is 0.206. The Morgan fingerprint density at radius 2 is 1.72 bits per heavy atom. The van der Waals surface area contributed by atoms with Crippen LogP contribution in [0.2, 0.25) is 23.2 Å². The molecule has 0 unspecified atom stereocenters. The smallest absolute Gasteiger partial charge is 0.401 e. The monoisotopic (exact) mass is 742 g/mol. The summed E-state index contributed by atoms with van der Waals surface area (Å²) in [6.45, 7) is 18.6. The fraction of sp³-hybridized carbons (Fsp3) is 0.594. The van der Waals surface area contributed by atoms with Crippen LogP contribution in [0, 0.1) is 19.3 Å². The molecule has 0 amide bonds. The van der Waals surface area contributed by atoms with Gasteiger partial charge in [-0.25, -0.2) is 9.97 Å². The van der Waals surface area contributed by atoms with Gasteiger partial charge < -0.3 is 14.1 Å². The molecule has 0 radical (unpaired) electrons. The van der Waals surface area contributed by atoms with Crippen molar-refractivity contribution in [2.45, 2.75) is 72.0 Å². The van der Waals surface area contributed by atoms with Crippen molar-refractivity contribution in [2.24, 2.45) is 12.5 Å². The maximum atomic E-state index is 12.9. The molecule has 2 saturated heterocycles. The minimum absolute atomic E-state index is 0.0892. The number of aryl methyl sites for hydroxylation is 1. The van der Waals surface area contributed by atoms with Crippen molar-refractivity contribution in [3.63, 3.8) is 0 Å². The topological polar surface area (TPSA) is 68.5 Å². The van der Waals surface area contributed by atoms with Gasteiger partial charge in [-0.2, -0.15) is 18.3 Å². The molecule has 2 aliphatic heterocycles. The molecule has 2 aromatic heterocycles. The maximum Gasteiger partial charge on any atom is 0.401 e. The summed E-state index contributed by atoms with van der Waals surface area (Å²) >= 11 is 10.3. The molecule has 1 aromatic carbocycles. The van der Waals surface area contributed by atoms with Crippen LogP contribution in [0.25, 0.3) is 22.8 Å². The number of hydrogen-bond acceptors (Lipinski definition) is 7. The lowest BCUT2D eigenvalue weighted by molar-refractivity contribution is -0.172. The molecule has 2 fully saturated rings. The molecule has 8 nitrogen and oxygen atoms in total. The highest BCUT2D eigenvalue weighted by molar-refractivity contribution is 9.10. The third-order valence-corrected chi connectivity index (χ3v) is 15.1. The fourth-order valence-electron chi connectivity index (χ4n) is 6.17. The number of benzene rings is 1. The van der Waals surface area contributed by atoms with E-state index in [4.69, 9.17) is 30.7 Å². The first-order valence-electron chi connectivity index (χ1n) is 15.4. The van der Waals surface area contributed by atoms with Crippen LogP contribution >= 0.6 is 27.5 Å². The highest BCUT2D eigenvalue weighted by Gasteiger charge is 2.54. The van der Waals surface area contributed by atoms with Gasteiger partial charge in [-0.3, -0.25) is 9.58 Å². The second-order valence-electron chi connectivity index (χ2n) is 14.5. The molecule has 4 heterocycles. The van der Waals surface area contributed by atoms with Gasteiger partial charge in [-0.05, 0) is 73.0 Å². The summed E-state index contributed by atoms with van der Waals surface area (Å²) in [7, 11) is -0.0922. The third kappa shape index (κ3) is 7.13. The number of nitrogens with zero attached hydrogens (tertiary/aromatic N) is 6. The first kappa shape index (κ1) is 35.1. The van der Waals surface area contributed by atoms with E-state index in [1.807, 2.05) is 40.0 Å². The standard InChI is InChI=1S/C32H43BrClF3N6O2Si/c1-19(45-46(8,9)30(4,5)6)13-44-22-10-11-24(34)23(12-22)28-38-25(26-21(3)27(33)40-41(26)7)20(2)29(39-28)43-16-31(17-43)14-42(15-31)18-32(35,36)37/h10-12,19H,13-18H2,1-9H3/t19-/m1/s1. The minimum Gasteiger partial charge on any atom is -0.491 e. The van der Waals surface area contributed by atoms with Gasteiger partial charge >= 0.3 is 6.18 Å². The van der Waals surface area contributed by atoms with E-state index in [9.17, 15) is 13.2 Å². The van der Waals surface area contributed by atoms with E-state index in [0.717, 1.165) is 27.2 Å². The molecule has 3 aromatic rings. The van der Waals surface area contributed by atoms with Crippen molar-refractivity contribution in [1.82, 2.24) is 24.6 Å². The van der Waals surface area contributed by atoms with Crippen LogP contribution in [0.3, 0.4) is 0 Å². The Hall–Kier alpha value is -2.19. The van der Waals surface area contributed by atoms with Crippen LogP contribution in [-0.4, -0.2) is 84.6 Å². The summed E-state index contributed by atoms with van der Waals surface area (Å²) in [6, 6.07) is 5.46. The molecule has 1 atom stereocenters. The van der Waals surface area contributed by atoms with Gasteiger partial charge in [0.2, 0.25) is 0 Å². The molecule has 0 bridgehead atoms. The summed E-state index contributed by atoms with van der Waals surface area (Å²) in [5.74, 6) is 1.79. The van der Waals surface area contributed by atoms with Crippen LogP contribution in [0.15, 0.2) is 22.8 Å². The van der Waals surface area contributed by atoms with Gasteiger partial charge in [-0.15, -0.1) is 0 Å². The molecule has 46 heavy (non-hydrogen) atoms. The van der Waals surface area contributed by atoms with E-state index in [-0.39, 0.29) is 16.6 Å². The zero-order chi connectivity index (χ0) is 34.0. The lowest BCUT2D eigenvalue weighted by atomic mass is 9.72. The van der Waals surface area contributed by atoms with Crippen molar-refractivity contribution < 1.29 is 22.3 Å². The summed E-state index contributed by atoms with van der Waals surface area (Å²) in [4.78, 5) is 13.6. The van der Waals surface area contributed by atoms with Crippen molar-refractivity contribution in [2.75, 3.05) is 44.2 Å². The molecule has 0 aliphatic carbocycles. The summed E-state index contributed by atoms with van der Waals surface area (Å²) in [6.07, 6.45) is -4.29. The van der Waals surface area contributed by atoms with Crippen LogP contribution in [-0.2, 0) is 11.5 Å². The number of likely N-dealkylation sites (tertiary alicyclic amines) is 1. The maximum absolute atomic E-state index is 12.9. The Balaban J connectivity index is 1.44. The van der Waals surface area contributed by atoms with E-state index < -0.39 is 21.0 Å². The third-order valence-electron chi connectivity index (χ3n) is 9.41. The van der Waals surface area contributed by atoms with E-state index >= 15 is 0 Å². The molecule has 1 spiro atoms. The van der Waals surface area contributed by atoms with E-state index in [0.29, 0.717) is 60.6 Å². The molecule has 0 N–H and O–H groups in total. The predicted octanol–water partition coefficient (Wildman–Crippen LogP) is 8.05. The molecule has 5 rings (SSSR count). The molecular formula is C32H43BrClF3N6O2Si. The van der Waals surface area contributed by atoms with Gasteiger partial charge in [0.25, 0.3) is 0 Å². The summed E-state index contributed by atoms with van der Waals surface area (Å²) < 4.78 is 53.9. The fourth-order valence-corrected chi connectivity index (χ4v) is 8.22. The largest absolute Gasteiger partial charge is 0.491 e. The number of rotatable bonds is 9. The second kappa shape index (κ2) is 12.4. The summed E-state index contributed by atoms with van der Waals surface area (Å²) in [5.41, 5.74) is 3.80. The minimum atomic E-state index is -4.19. The number of anilines is 1. The highest BCUT2D eigenvalue weighted by atomic mass is 79.9. The molecule has 2 aliphatic rings. The molecular weight excluding hydrogens is 701 g/mol. The average molecular weight is 744 g/mol. The van der Waals surface area contributed by atoms with E-state index in [1.165, 1.54) is 4.90 Å². The van der Waals surface area contributed by atoms with Gasteiger partial charge in [0.1, 0.15) is 22.8 Å². The Kier molecular flexibility index (Phi) is 9.44.